The molecule has 0 atom stereocenters. The van der Waals surface area contributed by atoms with Crippen molar-refractivity contribution in [2.24, 2.45) is 0 Å². The van der Waals surface area contributed by atoms with E-state index in [1.807, 2.05) is 24.3 Å². The van der Waals surface area contributed by atoms with E-state index in [-0.39, 0.29) is 12.5 Å². The lowest BCUT2D eigenvalue weighted by molar-refractivity contribution is -0.141. The fraction of sp³-hybridized carbons (Fsp3) is 0.133. The first kappa shape index (κ1) is 13.1. The summed E-state index contributed by atoms with van der Waals surface area (Å²) in [7, 11) is 1.36. The van der Waals surface area contributed by atoms with Gasteiger partial charge >= 0.3 is 5.97 Å². The first-order valence-corrected chi connectivity index (χ1v) is 6.42. The summed E-state index contributed by atoms with van der Waals surface area (Å²) in [6.07, 6.45) is 3.39. The molecule has 6 nitrogen and oxygen atoms in total. The molecule has 106 valence electrons. The highest BCUT2D eigenvalue weighted by Gasteiger charge is 2.16. The minimum absolute atomic E-state index is 0.0701. The van der Waals surface area contributed by atoms with E-state index in [1.54, 1.807) is 23.0 Å². The quantitative estimate of drug-likeness (QED) is 0.585. The van der Waals surface area contributed by atoms with E-state index in [0.29, 0.717) is 17.0 Å². The number of methoxy groups -OCH3 is 1. The third-order valence-corrected chi connectivity index (χ3v) is 3.24. The van der Waals surface area contributed by atoms with Gasteiger partial charge in [-0.3, -0.25) is 9.78 Å². The number of nitrogens with two attached hydrogens (primary N) is 1. The van der Waals surface area contributed by atoms with Gasteiger partial charge in [0.25, 0.3) is 0 Å². The van der Waals surface area contributed by atoms with Gasteiger partial charge in [0.15, 0.2) is 0 Å². The van der Waals surface area contributed by atoms with E-state index in [2.05, 4.69) is 9.97 Å². The summed E-state index contributed by atoms with van der Waals surface area (Å²) in [5, 5.41) is 0. The van der Waals surface area contributed by atoms with Crippen LogP contribution in [0.1, 0.15) is 0 Å². The number of esters is 1. The number of carbonyl (C=O) groups excluding carboxylic acids is 1. The van der Waals surface area contributed by atoms with Crippen LogP contribution in [-0.4, -0.2) is 27.6 Å². The van der Waals surface area contributed by atoms with Gasteiger partial charge in [-0.1, -0.05) is 6.07 Å². The molecule has 0 fully saturated rings. The number of benzene rings is 1. The van der Waals surface area contributed by atoms with Gasteiger partial charge in [0, 0.05) is 18.0 Å². The Kier molecular flexibility index (Phi) is 3.27. The van der Waals surface area contributed by atoms with Gasteiger partial charge in [-0.25, -0.2) is 4.98 Å². The maximum atomic E-state index is 11.7. The molecule has 0 aliphatic rings. The van der Waals surface area contributed by atoms with Crippen LogP contribution in [-0.2, 0) is 16.1 Å². The highest BCUT2D eigenvalue weighted by Crippen LogP contribution is 2.27. The van der Waals surface area contributed by atoms with Crippen molar-refractivity contribution >= 4 is 22.7 Å². The van der Waals surface area contributed by atoms with Crippen molar-refractivity contribution in [3.05, 3.63) is 42.7 Å². The minimum Gasteiger partial charge on any atom is -0.468 e. The highest BCUT2D eigenvalue weighted by atomic mass is 16.5. The average Bonchev–Trinajstić information content (AvgIpc) is 2.88. The normalized spacial score (nSPS) is 10.7. The number of imidazole rings is 1. The van der Waals surface area contributed by atoms with Crippen LogP contribution in [0, 0.1) is 0 Å². The molecule has 6 heteroatoms. The van der Waals surface area contributed by atoms with Gasteiger partial charge in [0.1, 0.15) is 17.9 Å². The molecule has 0 saturated heterocycles. The first-order valence-electron chi connectivity index (χ1n) is 6.42. The van der Waals surface area contributed by atoms with Gasteiger partial charge in [-0.2, -0.15) is 0 Å². The van der Waals surface area contributed by atoms with Crippen molar-refractivity contribution in [1.82, 2.24) is 14.5 Å². The molecule has 0 radical (unpaired) electrons. The largest absolute Gasteiger partial charge is 0.468 e. The number of aromatic nitrogens is 3. The van der Waals surface area contributed by atoms with E-state index in [4.69, 9.17) is 10.5 Å². The zero-order valence-electron chi connectivity index (χ0n) is 11.5. The Labute approximate surface area is 121 Å². The van der Waals surface area contributed by atoms with Crippen molar-refractivity contribution in [3.8, 4) is 11.4 Å². The Morgan fingerprint density at radius 2 is 2.19 bits per heavy atom. The molecule has 21 heavy (non-hydrogen) atoms. The van der Waals surface area contributed by atoms with E-state index in [9.17, 15) is 4.79 Å². The molecule has 0 spiro atoms. The van der Waals surface area contributed by atoms with Crippen molar-refractivity contribution < 1.29 is 9.53 Å². The number of nitrogen functional groups attached to an aromatic ring is 1. The van der Waals surface area contributed by atoms with E-state index >= 15 is 0 Å². The van der Waals surface area contributed by atoms with Crippen LogP contribution < -0.4 is 5.73 Å². The molecular weight excluding hydrogens is 268 g/mol. The Bertz CT molecular complexity index is 796. The second-order valence-electron chi connectivity index (χ2n) is 4.55. The van der Waals surface area contributed by atoms with Crippen molar-refractivity contribution in [1.29, 1.82) is 0 Å². The molecule has 1 aromatic carbocycles. The zero-order chi connectivity index (χ0) is 14.8. The van der Waals surface area contributed by atoms with Gasteiger partial charge < -0.3 is 15.0 Å². The SMILES string of the molecule is COC(=O)Cn1c(-c2cccnc2)nc2c(N)cccc21. The Hall–Kier alpha value is -2.89. The van der Waals surface area contributed by atoms with Crippen molar-refractivity contribution in [2.75, 3.05) is 12.8 Å². The highest BCUT2D eigenvalue weighted by molar-refractivity contribution is 5.91. The van der Waals surface area contributed by atoms with E-state index in [1.165, 1.54) is 7.11 Å². The molecule has 2 aromatic heterocycles. The monoisotopic (exact) mass is 282 g/mol. The van der Waals surface area contributed by atoms with Crippen LogP contribution in [0.2, 0.25) is 0 Å². The lowest BCUT2D eigenvalue weighted by atomic mass is 10.2. The third kappa shape index (κ3) is 2.31. The van der Waals surface area contributed by atoms with Gasteiger partial charge in [0.2, 0.25) is 0 Å². The van der Waals surface area contributed by atoms with Crippen molar-refractivity contribution in [3.63, 3.8) is 0 Å². The summed E-state index contributed by atoms with van der Waals surface area (Å²) in [6, 6.07) is 9.20. The number of carbonyl (C=O) groups is 1. The number of hydrogen-bond donors (Lipinski definition) is 1. The number of ether oxygens (including phenoxy) is 1. The van der Waals surface area contributed by atoms with Crippen LogP contribution in [0.15, 0.2) is 42.7 Å². The van der Waals surface area contributed by atoms with Crippen LogP contribution in [0.5, 0.6) is 0 Å². The standard InChI is InChI=1S/C15H14N4O2/c1-21-13(20)9-19-12-6-2-5-11(16)14(12)18-15(19)10-4-3-7-17-8-10/h2-8H,9,16H2,1H3. The Morgan fingerprint density at radius 3 is 2.90 bits per heavy atom. The lowest BCUT2D eigenvalue weighted by Crippen LogP contribution is -2.12. The Morgan fingerprint density at radius 1 is 1.33 bits per heavy atom. The zero-order valence-corrected chi connectivity index (χ0v) is 11.5. The van der Waals surface area contributed by atoms with Crippen LogP contribution in [0.4, 0.5) is 5.69 Å². The summed E-state index contributed by atoms with van der Waals surface area (Å²) >= 11 is 0. The second-order valence-corrected chi connectivity index (χ2v) is 4.55. The molecule has 0 aliphatic carbocycles. The summed E-state index contributed by atoms with van der Waals surface area (Å²) in [4.78, 5) is 20.3. The van der Waals surface area contributed by atoms with Crippen molar-refractivity contribution in [2.45, 2.75) is 6.54 Å². The Balaban J connectivity index is 2.25. The number of pyridine rings is 1. The van der Waals surface area contributed by atoms with Gasteiger partial charge in [0.05, 0.1) is 18.3 Å². The number of fused-ring (bicyclic) bond motifs is 1. The summed E-state index contributed by atoms with van der Waals surface area (Å²) in [5.74, 6) is 0.295. The predicted octanol–water partition coefficient (Wildman–Crippen LogP) is 1.85. The number of anilines is 1. The van der Waals surface area contributed by atoms with Crippen LogP contribution in [0.25, 0.3) is 22.4 Å². The molecule has 0 amide bonds. The molecular formula is C15H14N4O2. The number of hydrogen-bond acceptors (Lipinski definition) is 5. The predicted molar refractivity (Wildman–Crippen MR) is 79.4 cm³/mol. The second kappa shape index (κ2) is 5.24. The van der Waals surface area contributed by atoms with E-state index in [0.717, 1.165) is 11.1 Å². The summed E-state index contributed by atoms with van der Waals surface area (Å²) in [5.41, 5.74) is 8.82. The molecule has 2 heterocycles. The fourth-order valence-electron chi connectivity index (χ4n) is 2.24. The van der Waals surface area contributed by atoms with Crippen LogP contribution in [0.3, 0.4) is 0 Å². The lowest BCUT2D eigenvalue weighted by Gasteiger charge is -2.07. The summed E-state index contributed by atoms with van der Waals surface area (Å²) in [6.45, 7) is 0.0701. The molecule has 3 aromatic rings. The third-order valence-electron chi connectivity index (χ3n) is 3.24. The smallest absolute Gasteiger partial charge is 0.325 e. The fourth-order valence-corrected chi connectivity index (χ4v) is 2.24. The number of nitrogens with zero attached hydrogens (tertiary/aromatic N) is 3. The molecule has 0 aliphatic heterocycles. The summed E-state index contributed by atoms with van der Waals surface area (Å²) < 4.78 is 6.55. The topological polar surface area (TPSA) is 83.0 Å². The van der Waals surface area contributed by atoms with Gasteiger partial charge in [-0.15, -0.1) is 0 Å². The molecule has 0 unspecified atom stereocenters. The molecule has 0 bridgehead atoms. The van der Waals surface area contributed by atoms with Gasteiger partial charge in [-0.05, 0) is 24.3 Å². The maximum absolute atomic E-state index is 11.7. The first-order chi connectivity index (χ1) is 10.2. The van der Waals surface area contributed by atoms with E-state index < -0.39 is 0 Å². The number of para-hydroxylation sites is 1. The molecule has 3 rings (SSSR count). The molecule has 0 saturated carbocycles. The molecule has 2 N–H and O–H groups in total. The minimum atomic E-state index is -0.345. The number of rotatable bonds is 3. The average molecular weight is 282 g/mol. The van der Waals surface area contributed by atoms with Crippen LogP contribution >= 0.6 is 0 Å². The maximum Gasteiger partial charge on any atom is 0.325 e.